The normalized spacial score (nSPS) is 10.4. The maximum absolute atomic E-state index is 5.90. The van der Waals surface area contributed by atoms with Crippen molar-refractivity contribution in [3.63, 3.8) is 0 Å². The molecule has 0 bridgehead atoms. The predicted molar refractivity (Wildman–Crippen MR) is 64.0 cm³/mol. The first-order valence-corrected chi connectivity index (χ1v) is 5.09. The van der Waals surface area contributed by atoms with Gasteiger partial charge in [0.05, 0.1) is 29.9 Å². The first kappa shape index (κ1) is 10.5. The zero-order valence-electron chi connectivity index (χ0n) is 9.69. The molecule has 1 aromatic carbocycles. The van der Waals surface area contributed by atoms with Crippen molar-refractivity contribution in [1.82, 2.24) is 9.78 Å². The number of hydrogen-bond donors (Lipinski definition) is 1. The van der Waals surface area contributed by atoms with Gasteiger partial charge >= 0.3 is 0 Å². The Labute approximate surface area is 94.6 Å². The molecule has 2 rings (SSSR count). The van der Waals surface area contributed by atoms with E-state index in [4.69, 9.17) is 10.5 Å². The third-order valence-corrected chi connectivity index (χ3v) is 2.65. The van der Waals surface area contributed by atoms with Gasteiger partial charge in [0.2, 0.25) is 0 Å². The van der Waals surface area contributed by atoms with E-state index in [1.54, 1.807) is 7.11 Å². The molecule has 0 aliphatic heterocycles. The van der Waals surface area contributed by atoms with Crippen LogP contribution in [0.3, 0.4) is 0 Å². The third kappa shape index (κ3) is 1.62. The fraction of sp³-hybridized carbons (Fsp3) is 0.250. The van der Waals surface area contributed by atoms with Crippen molar-refractivity contribution >= 4 is 5.69 Å². The molecule has 0 atom stereocenters. The van der Waals surface area contributed by atoms with Gasteiger partial charge < -0.3 is 10.5 Å². The minimum atomic E-state index is 0.739. The molecule has 4 nitrogen and oxygen atoms in total. The number of ether oxygens (including phenoxy) is 1. The molecular formula is C12H15N3O. The molecule has 84 valence electrons. The first-order valence-electron chi connectivity index (χ1n) is 5.09. The monoisotopic (exact) mass is 217 g/mol. The summed E-state index contributed by atoms with van der Waals surface area (Å²) in [5.74, 6) is 0.809. The second-order valence-corrected chi connectivity index (χ2v) is 3.70. The number of aryl methyl sites for hydroxylation is 1. The lowest BCUT2D eigenvalue weighted by atomic mass is 10.3. The second kappa shape index (κ2) is 3.89. The van der Waals surface area contributed by atoms with Crippen molar-refractivity contribution < 1.29 is 4.74 Å². The van der Waals surface area contributed by atoms with E-state index in [2.05, 4.69) is 5.10 Å². The highest BCUT2D eigenvalue weighted by Gasteiger charge is 2.09. The Hall–Kier alpha value is -1.97. The number of hydrogen-bond acceptors (Lipinski definition) is 3. The Morgan fingerprint density at radius 2 is 2.06 bits per heavy atom. The molecule has 1 aromatic heterocycles. The third-order valence-electron chi connectivity index (χ3n) is 2.65. The number of benzene rings is 1. The summed E-state index contributed by atoms with van der Waals surface area (Å²) in [6.45, 7) is 3.85. The summed E-state index contributed by atoms with van der Waals surface area (Å²) in [7, 11) is 1.65. The molecule has 0 aliphatic carbocycles. The number of rotatable bonds is 2. The lowest BCUT2D eigenvalue weighted by molar-refractivity contribution is 0.414. The lowest BCUT2D eigenvalue weighted by Gasteiger charge is -2.06. The number of methoxy groups -OCH3 is 1. The van der Waals surface area contributed by atoms with Crippen LogP contribution in [-0.4, -0.2) is 16.9 Å². The van der Waals surface area contributed by atoms with Crippen LogP contribution >= 0.6 is 0 Å². The van der Waals surface area contributed by atoms with Gasteiger partial charge in [0.25, 0.3) is 0 Å². The second-order valence-electron chi connectivity index (χ2n) is 3.70. The van der Waals surface area contributed by atoms with E-state index >= 15 is 0 Å². The largest absolute Gasteiger partial charge is 0.497 e. The van der Waals surface area contributed by atoms with Crippen molar-refractivity contribution in [2.75, 3.05) is 12.8 Å². The summed E-state index contributed by atoms with van der Waals surface area (Å²) >= 11 is 0. The topological polar surface area (TPSA) is 53.1 Å². The summed E-state index contributed by atoms with van der Waals surface area (Å²) in [6, 6.07) is 7.74. The van der Waals surface area contributed by atoms with Crippen LogP contribution in [0, 0.1) is 13.8 Å². The van der Waals surface area contributed by atoms with Gasteiger partial charge in [-0.3, -0.25) is 0 Å². The molecule has 2 aromatic rings. The standard InChI is InChI=1S/C12H15N3O/c1-8-12(13)9(2)15(14-8)10-5-4-6-11(7-10)16-3/h4-7H,13H2,1-3H3. The molecule has 4 heteroatoms. The molecule has 0 saturated carbocycles. The quantitative estimate of drug-likeness (QED) is 0.837. The van der Waals surface area contributed by atoms with E-state index in [0.29, 0.717) is 0 Å². The van der Waals surface area contributed by atoms with Crippen LogP contribution in [0.2, 0.25) is 0 Å². The van der Waals surface area contributed by atoms with E-state index in [-0.39, 0.29) is 0 Å². The van der Waals surface area contributed by atoms with Crippen molar-refractivity contribution in [2.24, 2.45) is 0 Å². The molecule has 0 radical (unpaired) electrons. The Balaban J connectivity index is 2.54. The fourth-order valence-corrected chi connectivity index (χ4v) is 1.65. The number of anilines is 1. The molecule has 0 amide bonds. The number of nitrogen functional groups attached to an aromatic ring is 1. The highest BCUT2D eigenvalue weighted by Crippen LogP contribution is 2.22. The Morgan fingerprint density at radius 3 is 2.62 bits per heavy atom. The highest BCUT2D eigenvalue weighted by atomic mass is 16.5. The van der Waals surface area contributed by atoms with E-state index < -0.39 is 0 Å². The predicted octanol–water partition coefficient (Wildman–Crippen LogP) is 2.08. The average molecular weight is 217 g/mol. The summed E-state index contributed by atoms with van der Waals surface area (Å²) in [5.41, 5.74) is 9.39. The van der Waals surface area contributed by atoms with E-state index in [1.165, 1.54) is 0 Å². The Kier molecular flexibility index (Phi) is 2.56. The van der Waals surface area contributed by atoms with E-state index in [0.717, 1.165) is 28.5 Å². The molecule has 1 heterocycles. The van der Waals surface area contributed by atoms with Crippen molar-refractivity contribution in [3.8, 4) is 11.4 Å². The molecular weight excluding hydrogens is 202 g/mol. The lowest BCUT2D eigenvalue weighted by Crippen LogP contribution is -1.99. The summed E-state index contributed by atoms with van der Waals surface area (Å²) in [6.07, 6.45) is 0. The molecule has 0 spiro atoms. The zero-order chi connectivity index (χ0) is 11.7. The molecule has 0 saturated heterocycles. The van der Waals surface area contributed by atoms with Crippen LogP contribution in [0.4, 0.5) is 5.69 Å². The number of nitrogens with zero attached hydrogens (tertiary/aromatic N) is 2. The average Bonchev–Trinajstić information content (AvgIpc) is 2.57. The SMILES string of the molecule is COc1cccc(-n2nc(C)c(N)c2C)c1. The van der Waals surface area contributed by atoms with E-state index in [1.807, 2.05) is 42.8 Å². The van der Waals surface area contributed by atoms with Gasteiger partial charge in [0.15, 0.2) is 0 Å². The summed E-state index contributed by atoms with van der Waals surface area (Å²) < 4.78 is 7.01. The maximum atomic E-state index is 5.90. The first-order chi connectivity index (χ1) is 7.63. The van der Waals surface area contributed by atoms with Gasteiger partial charge in [0.1, 0.15) is 5.75 Å². The van der Waals surface area contributed by atoms with Crippen LogP contribution < -0.4 is 10.5 Å². The van der Waals surface area contributed by atoms with Crippen molar-refractivity contribution in [2.45, 2.75) is 13.8 Å². The number of aromatic nitrogens is 2. The van der Waals surface area contributed by atoms with Crippen LogP contribution in [0.5, 0.6) is 5.75 Å². The number of nitrogens with two attached hydrogens (primary N) is 1. The van der Waals surface area contributed by atoms with Gasteiger partial charge in [-0.25, -0.2) is 4.68 Å². The molecule has 2 N–H and O–H groups in total. The van der Waals surface area contributed by atoms with Gasteiger partial charge in [-0.1, -0.05) is 6.07 Å². The summed E-state index contributed by atoms with van der Waals surface area (Å²) in [5, 5.41) is 4.39. The molecule has 0 aliphatic rings. The molecule has 0 unspecified atom stereocenters. The smallest absolute Gasteiger partial charge is 0.121 e. The van der Waals surface area contributed by atoms with Crippen LogP contribution in [0.1, 0.15) is 11.4 Å². The van der Waals surface area contributed by atoms with E-state index in [9.17, 15) is 0 Å². The minimum absolute atomic E-state index is 0.739. The zero-order valence-corrected chi connectivity index (χ0v) is 9.69. The van der Waals surface area contributed by atoms with Gasteiger partial charge in [0, 0.05) is 6.07 Å². The maximum Gasteiger partial charge on any atom is 0.121 e. The van der Waals surface area contributed by atoms with Gasteiger partial charge in [-0.2, -0.15) is 5.10 Å². The highest BCUT2D eigenvalue weighted by molar-refractivity contribution is 5.51. The van der Waals surface area contributed by atoms with Crippen LogP contribution in [-0.2, 0) is 0 Å². The fourth-order valence-electron chi connectivity index (χ4n) is 1.65. The minimum Gasteiger partial charge on any atom is -0.497 e. The van der Waals surface area contributed by atoms with Crippen molar-refractivity contribution in [3.05, 3.63) is 35.7 Å². The molecule has 0 fully saturated rings. The van der Waals surface area contributed by atoms with Gasteiger partial charge in [-0.05, 0) is 26.0 Å². The molecule has 16 heavy (non-hydrogen) atoms. The van der Waals surface area contributed by atoms with Crippen molar-refractivity contribution in [1.29, 1.82) is 0 Å². The Bertz CT molecular complexity index is 517. The summed E-state index contributed by atoms with van der Waals surface area (Å²) in [4.78, 5) is 0. The van der Waals surface area contributed by atoms with Crippen LogP contribution in [0.15, 0.2) is 24.3 Å². The Morgan fingerprint density at radius 1 is 1.31 bits per heavy atom. The van der Waals surface area contributed by atoms with Gasteiger partial charge in [-0.15, -0.1) is 0 Å². The van der Waals surface area contributed by atoms with Crippen LogP contribution in [0.25, 0.3) is 5.69 Å².